The molecule has 0 aliphatic carbocycles. The average molecular weight is 144 g/mol. The third-order valence-corrected chi connectivity index (χ3v) is 1.79. The van der Waals surface area contributed by atoms with Crippen LogP contribution in [-0.2, 0) is 0 Å². The van der Waals surface area contributed by atoms with Gasteiger partial charge in [-0.1, -0.05) is 0 Å². The summed E-state index contributed by atoms with van der Waals surface area (Å²) in [4.78, 5) is 11.7. The quantitative estimate of drug-likeness (QED) is 0.518. The first-order valence-corrected chi connectivity index (χ1v) is 3.47. The largest absolute Gasteiger partial charge is 0.465 e. The molecule has 0 unspecified atom stereocenters. The van der Waals surface area contributed by atoms with Gasteiger partial charge in [0.05, 0.1) is 6.17 Å². The molecule has 0 bridgehead atoms. The Morgan fingerprint density at radius 3 is 2.70 bits per heavy atom. The van der Waals surface area contributed by atoms with Crippen LogP contribution in [0.1, 0.15) is 19.3 Å². The van der Waals surface area contributed by atoms with Gasteiger partial charge in [0.25, 0.3) is 0 Å². The SMILES string of the molecule is N[C@@H]1CCCCN1C(=O)O. The van der Waals surface area contributed by atoms with E-state index >= 15 is 0 Å². The molecule has 58 valence electrons. The maximum atomic E-state index is 10.4. The van der Waals surface area contributed by atoms with Gasteiger partial charge in [-0.2, -0.15) is 0 Å². The summed E-state index contributed by atoms with van der Waals surface area (Å²) >= 11 is 0. The summed E-state index contributed by atoms with van der Waals surface area (Å²) in [5, 5.41) is 8.55. The number of hydrogen-bond acceptors (Lipinski definition) is 2. The highest BCUT2D eigenvalue weighted by atomic mass is 16.4. The molecule has 1 atom stereocenters. The Morgan fingerprint density at radius 2 is 2.30 bits per heavy atom. The topological polar surface area (TPSA) is 66.6 Å². The molecule has 0 saturated carbocycles. The maximum Gasteiger partial charge on any atom is 0.408 e. The van der Waals surface area contributed by atoms with E-state index in [1.54, 1.807) is 0 Å². The van der Waals surface area contributed by atoms with E-state index in [0.717, 1.165) is 19.3 Å². The third kappa shape index (κ3) is 1.39. The molecule has 1 amide bonds. The summed E-state index contributed by atoms with van der Waals surface area (Å²) in [6.07, 6.45) is 1.62. The molecule has 0 aromatic heterocycles. The van der Waals surface area contributed by atoms with Crippen molar-refractivity contribution in [1.82, 2.24) is 4.90 Å². The van der Waals surface area contributed by atoms with Gasteiger partial charge in [0.15, 0.2) is 0 Å². The lowest BCUT2D eigenvalue weighted by molar-refractivity contribution is 0.109. The van der Waals surface area contributed by atoms with Crippen LogP contribution in [0.3, 0.4) is 0 Å². The lowest BCUT2D eigenvalue weighted by atomic mass is 10.1. The number of hydrogen-bond donors (Lipinski definition) is 2. The zero-order valence-electron chi connectivity index (χ0n) is 5.79. The highest BCUT2D eigenvalue weighted by Gasteiger charge is 2.22. The molecule has 1 rings (SSSR count). The molecule has 0 radical (unpaired) electrons. The molecule has 1 fully saturated rings. The van der Waals surface area contributed by atoms with Gasteiger partial charge in [-0.05, 0) is 19.3 Å². The molecule has 0 spiro atoms. The molecule has 1 heterocycles. The van der Waals surface area contributed by atoms with Crippen molar-refractivity contribution in [1.29, 1.82) is 0 Å². The Morgan fingerprint density at radius 1 is 1.60 bits per heavy atom. The zero-order valence-corrected chi connectivity index (χ0v) is 5.79. The second-order valence-corrected chi connectivity index (χ2v) is 2.54. The van der Waals surface area contributed by atoms with Crippen LogP contribution in [-0.4, -0.2) is 28.8 Å². The van der Waals surface area contributed by atoms with Crippen LogP contribution >= 0.6 is 0 Å². The van der Waals surface area contributed by atoms with Gasteiger partial charge in [0, 0.05) is 6.54 Å². The Kier molecular flexibility index (Phi) is 2.11. The first-order chi connectivity index (χ1) is 4.72. The summed E-state index contributed by atoms with van der Waals surface area (Å²) < 4.78 is 0. The summed E-state index contributed by atoms with van der Waals surface area (Å²) in [7, 11) is 0. The predicted octanol–water partition coefficient (Wildman–Crippen LogP) is 0.435. The molecule has 4 heteroatoms. The Hall–Kier alpha value is -0.770. The molecule has 3 N–H and O–H groups in total. The van der Waals surface area contributed by atoms with Gasteiger partial charge in [0.2, 0.25) is 0 Å². The van der Waals surface area contributed by atoms with Crippen molar-refractivity contribution >= 4 is 6.09 Å². The van der Waals surface area contributed by atoms with Crippen LogP contribution in [0.5, 0.6) is 0 Å². The Labute approximate surface area is 59.6 Å². The minimum atomic E-state index is -0.896. The van der Waals surface area contributed by atoms with Crippen molar-refractivity contribution in [3.8, 4) is 0 Å². The fourth-order valence-corrected chi connectivity index (χ4v) is 1.19. The van der Waals surface area contributed by atoms with E-state index in [-0.39, 0.29) is 6.17 Å². The van der Waals surface area contributed by atoms with Crippen molar-refractivity contribution < 1.29 is 9.90 Å². The summed E-state index contributed by atoms with van der Waals surface area (Å²) in [6, 6.07) is 0. The first-order valence-electron chi connectivity index (χ1n) is 3.47. The minimum Gasteiger partial charge on any atom is -0.465 e. The molecular formula is C6H12N2O2. The molecule has 4 nitrogen and oxygen atoms in total. The molecule has 1 aliphatic heterocycles. The number of rotatable bonds is 0. The van der Waals surface area contributed by atoms with E-state index in [9.17, 15) is 4.79 Å². The van der Waals surface area contributed by atoms with Crippen molar-refractivity contribution in [2.24, 2.45) is 5.73 Å². The number of nitrogens with two attached hydrogens (primary N) is 1. The van der Waals surface area contributed by atoms with Crippen LogP contribution in [0.15, 0.2) is 0 Å². The van der Waals surface area contributed by atoms with E-state index in [1.165, 1.54) is 4.90 Å². The lowest BCUT2D eigenvalue weighted by Crippen LogP contribution is -2.48. The smallest absolute Gasteiger partial charge is 0.408 e. The lowest BCUT2D eigenvalue weighted by Gasteiger charge is -2.30. The van der Waals surface area contributed by atoms with Crippen molar-refractivity contribution in [2.75, 3.05) is 6.54 Å². The van der Waals surface area contributed by atoms with E-state index in [0.29, 0.717) is 6.54 Å². The number of amides is 1. The van der Waals surface area contributed by atoms with E-state index in [4.69, 9.17) is 10.8 Å². The maximum absolute atomic E-state index is 10.4. The van der Waals surface area contributed by atoms with Gasteiger partial charge >= 0.3 is 6.09 Å². The summed E-state index contributed by atoms with van der Waals surface area (Å²) in [6.45, 7) is 0.594. The van der Waals surface area contributed by atoms with E-state index < -0.39 is 6.09 Å². The fourth-order valence-electron chi connectivity index (χ4n) is 1.19. The minimum absolute atomic E-state index is 0.272. The molecule has 10 heavy (non-hydrogen) atoms. The second-order valence-electron chi connectivity index (χ2n) is 2.54. The predicted molar refractivity (Wildman–Crippen MR) is 36.6 cm³/mol. The average Bonchev–Trinajstić information content (AvgIpc) is 1.88. The van der Waals surface area contributed by atoms with Gasteiger partial charge in [-0.15, -0.1) is 0 Å². The monoisotopic (exact) mass is 144 g/mol. The summed E-state index contributed by atoms with van der Waals surface area (Å²) in [5.74, 6) is 0. The number of piperidine rings is 1. The Bertz CT molecular complexity index is 138. The highest BCUT2D eigenvalue weighted by molar-refractivity contribution is 5.65. The van der Waals surface area contributed by atoms with Crippen molar-refractivity contribution in [3.05, 3.63) is 0 Å². The Balaban J connectivity index is 2.47. The van der Waals surface area contributed by atoms with Crippen molar-refractivity contribution in [2.45, 2.75) is 25.4 Å². The first kappa shape index (κ1) is 7.34. The third-order valence-electron chi connectivity index (χ3n) is 1.79. The number of carboxylic acid groups (broad SMARTS) is 1. The fraction of sp³-hybridized carbons (Fsp3) is 0.833. The molecule has 1 saturated heterocycles. The number of nitrogens with zero attached hydrogens (tertiary/aromatic N) is 1. The van der Waals surface area contributed by atoms with Crippen LogP contribution in [0.4, 0.5) is 4.79 Å². The molecule has 0 aromatic carbocycles. The zero-order chi connectivity index (χ0) is 7.56. The van der Waals surface area contributed by atoms with Gasteiger partial charge in [0.1, 0.15) is 0 Å². The summed E-state index contributed by atoms with van der Waals surface area (Å²) in [5.41, 5.74) is 5.52. The van der Waals surface area contributed by atoms with E-state index in [2.05, 4.69) is 0 Å². The van der Waals surface area contributed by atoms with Gasteiger partial charge in [-0.25, -0.2) is 4.79 Å². The molecule has 0 aromatic rings. The van der Waals surface area contributed by atoms with Gasteiger partial charge in [-0.3, -0.25) is 4.90 Å². The van der Waals surface area contributed by atoms with Crippen LogP contribution in [0.25, 0.3) is 0 Å². The normalized spacial score (nSPS) is 26.5. The van der Waals surface area contributed by atoms with Crippen LogP contribution in [0, 0.1) is 0 Å². The highest BCUT2D eigenvalue weighted by Crippen LogP contribution is 2.12. The van der Waals surface area contributed by atoms with Crippen LogP contribution in [0.2, 0.25) is 0 Å². The molecular weight excluding hydrogens is 132 g/mol. The van der Waals surface area contributed by atoms with Gasteiger partial charge < -0.3 is 10.8 Å². The standard InChI is InChI=1S/C6H12N2O2/c7-5-3-1-2-4-8(5)6(9)10/h5H,1-4,7H2,(H,9,10)/t5-/m0/s1. The molecule has 1 aliphatic rings. The second kappa shape index (κ2) is 2.88. The van der Waals surface area contributed by atoms with Crippen LogP contribution < -0.4 is 5.73 Å². The van der Waals surface area contributed by atoms with Crippen molar-refractivity contribution in [3.63, 3.8) is 0 Å². The number of likely N-dealkylation sites (tertiary alicyclic amines) is 1. The van der Waals surface area contributed by atoms with E-state index in [1.807, 2.05) is 0 Å². The number of carbonyl (C=O) groups is 1.